The fraction of sp³-hybridized carbons (Fsp3) is 0.667. The third kappa shape index (κ3) is 5.85. The first-order chi connectivity index (χ1) is 11.7. The van der Waals surface area contributed by atoms with Crippen molar-refractivity contribution in [1.29, 1.82) is 0 Å². The maximum absolute atomic E-state index is 12.3. The lowest BCUT2D eigenvalue weighted by molar-refractivity contribution is 0.0943. The Morgan fingerprint density at radius 3 is 2.54 bits per heavy atom. The average molecular weight is 332 g/mol. The minimum Gasteiger partial charge on any atom is -0.494 e. The standard InChI is InChI=1S/C21H33NO2/c1-3-5-6-7-15-24-20-13-11-18(12-14-20)21(23)22-16-19-10-8-9-17(19)4-2/h11-14,17,19H,3-10,15-16H2,1-2H3,(H,22,23). The summed E-state index contributed by atoms with van der Waals surface area (Å²) in [6.07, 6.45) is 9.93. The summed E-state index contributed by atoms with van der Waals surface area (Å²) < 4.78 is 5.73. The van der Waals surface area contributed by atoms with Crippen LogP contribution in [-0.2, 0) is 0 Å². The molecule has 2 atom stereocenters. The normalized spacial score (nSPS) is 20.1. The fourth-order valence-corrected chi connectivity index (χ4v) is 3.67. The molecule has 2 unspecified atom stereocenters. The van der Waals surface area contributed by atoms with E-state index in [1.54, 1.807) is 0 Å². The van der Waals surface area contributed by atoms with E-state index in [0.29, 0.717) is 5.92 Å². The van der Waals surface area contributed by atoms with Gasteiger partial charge in [-0.3, -0.25) is 4.79 Å². The molecule has 0 saturated heterocycles. The number of hydrogen-bond donors (Lipinski definition) is 1. The molecule has 1 aromatic carbocycles. The lowest BCUT2D eigenvalue weighted by Gasteiger charge is -2.18. The molecule has 1 aliphatic rings. The number of carbonyl (C=O) groups excluding carboxylic acids is 1. The fourth-order valence-electron chi connectivity index (χ4n) is 3.67. The van der Waals surface area contributed by atoms with E-state index >= 15 is 0 Å². The molecule has 1 aliphatic carbocycles. The molecule has 0 aliphatic heterocycles. The molecule has 1 aromatic rings. The van der Waals surface area contributed by atoms with Gasteiger partial charge in [0.25, 0.3) is 5.91 Å². The number of amides is 1. The van der Waals surface area contributed by atoms with E-state index in [9.17, 15) is 4.79 Å². The van der Waals surface area contributed by atoms with Crippen LogP contribution < -0.4 is 10.1 Å². The van der Waals surface area contributed by atoms with Crippen LogP contribution in [0.4, 0.5) is 0 Å². The molecule has 0 bridgehead atoms. The van der Waals surface area contributed by atoms with Gasteiger partial charge < -0.3 is 10.1 Å². The predicted octanol–water partition coefficient (Wildman–Crippen LogP) is 5.20. The molecule has 1 N–H and O–H groups in total. The van der Waals surface area contributed by atoms with E-state index in [4.69, 9.17) is 4.74 Å². The van der Waals surface area contributed by atoms with E-state index in [2.05, 4.69) is 19.2 Å². The maximum Gasteiger partial charge on any atom is 0.251 e. The van der Waals surface area contributed by atoms with Crippen LogP contribution in [0, 0.1) is 11.8 Å². The molecule has 3 heteroatoms. The van der Waals surface area contributed by atoms with Crippen LogP contribution in [0.2, 0.25) is 0 Å². The van der Waals surface area contributed by atoms with Gasteiger partial charge in [0.05, 0.1) is 6.61 Å². The van der Waals surface area contributed by atoms with Gasteiger partial charge in [-0.2, -0.15) is 0 Å². The van der Waals surface area contributed by atoms with Gasteiger partial charge in [0.15, 0.2) is 0 Å². The van der Waals surface area contributed by atoms with Gasteiger partial charge in [-0.1, -0.05) is 52.4 Å². The number of ether oxygens (including phenoxy) is 1. The van der Waals surface area contributed by atoms with Crippen molar-refractivity contribution in [2.75, 3.05) is 13.2 Å². The molecule has 2 rings (SSSR count). The number of nitrogens with one attached hydrogen (secondary N) is 1. The quantitative estimate of drug-likeness (QED) is 0.598. The number of benzene rings is 1. The van der Waals surface area contributed by atoms with Crippen LogP contribution in [-0.4, -0.2) is 19.1 Å². The van der Waals surface area contributed by atoms with Crippen molar-refractivity contribution >= 4 is 5.91 Å². The molecule has 0 radical (unpaired) electrons. The van der Waals surface area contributed by atoms with E-state index in [1.165, 1.54) is 44.9 Å². The van der Waals surface area contributed by atoms with Crippen molar-refractivity contribution < 1.29 is 9.53 Å². The van der Waals surface area contributed by atoms with E-state index in [0.717, 1.165) is 36.8 Å². The zero-order chi connectivity index (χ0) is 17.2. The van der Waals surface area contributed by atoms with Crippen LogP contribution in [0.1, 0.15) is 75.6 Å². The van der Waals surface area contributed by atoms with E-state index in [1.807, 2.05) is 24.3 Å². The minimum absolute atomic E-state index is 0.0336. The van der Waals surface area contributed by atoms with Gasteiger partial charge >= 0.3 is 0 Å². The second-order valence-electron chi connectivity index (χ2n) is 7.00. The molecule has 3 nitrogen and oxygen atoms in total. The molecular formula is C21H33NO2. The average Bonchev–Trinajstić information content (AvgIpc) is 3.07. The maximum atomic E-state index is 12.3. The Bertz CT molecular complexity index is 483. The molecule has 134 valence electrons. The zero-order valence-corrected chi connectivity index (χ0v) is 15.4. The predicted molar refractivity (Wildman–Crippen MR) is 99.5 cm³/mol. The molecule has 1 fully saturated rings. The summed E-state index contributed by atoms with van der Waals surface area (Å²) in [6.45, 7) is 6.03. The van der Waals surface area contributed by atoms with Gasteiger partial charge in [0.2, 0.25) is 0 Å². The Hall–Kier alpha value is -1.51. The summed E-state index contributed by atoms with van der Waals surface area (Å²) in [5.74, 6) is 2.33. The van der Waals surface area contributed by atoms with Gasteiger partial charge in [0.1, 0.15) is 5.75 Å². The molecule has 0 spiro atoms. The highest BCUT2D eigenvalue weighted by Crippen LogP contribution is 2.33. The van der Waals surface area contributed by atoms with Crippen LogP contribution in [0.5, 0.6) is 5.75 Å². The second-order valence-corrected chi connectivity index (χ2v) is 7.00. The Morgan fingerprint density at radius 2 is 1.83 bits per heavy atom. The van der Waals surface area contributed by atoms with Gasteiger partial charge in [-0.05, 0) is 48.9 Å². The highest BCUT2D eigenvalue weighted by atomic mass is 16.5. The molecule has 1 amide bonds. The first-order valence-corrected chi connectivity index (χ1v) is 9.75. The van der Waals surface area contributed by atoms with Crippen LogP contribution >= 0.6 is 0 Å². The first kappa shape index (κ1) is 18.8. The monoisotopic (exact) mass is 331 g/mol. The highest BCUT2D eigenvalue weighted by molar-refractivity contribution is 5.94. The van der Waals surface area contributed by atoms with Crippen LogP contribution in [0.25, 0.3) is 0 Å². The van der Waals surface area contributed by atoms with Gasteiger partial charge in [0, 0.05) is 12.1 Å². The lowest BCUT2D eigenvalue weighted by Crippen LogP contribution is -2.30. The summed E-state index contributed by atoms with van der Waals surface area (Å²) in [5, 5.41) is 3.11. The van der Waals surface area contributed by atoms with E-state index < -0.39 is 0 Å². The van der Waals surface area contributed by atoms with Crippen molar-refractivity contribution in [1.82, 2.24) is 5.32 Å². The molecule has 0 aromatic heterocycles. The highest BCUT2D eigenvalue weighted by Gasteiger charge is 2.25. The topological polar surface area (TPSA) is 38.3 Å². The number of carbonyl (C=O) groups is 1. The van der Waals surface area contributed by atoms with Crippen molar-refractivity contribution in [3.05, 3.63) is 29.8 Å². The summed E-state index contributed by atoms with van der Waals surface area (Å²) in [7, 11) is 0. The third-order valence-electron chi connectivity index (χ3n) is 5.25. The molecule has 24 heavy (non-hydrogen) atoms. The number of hydrogen-bond acceptors (Lipinski definition) is 2. The molecule has 1 saturated carbocycles. The SMILES string of the molecule is CCCCCCOc1ccc(C(=O)NCC2CCCC2CC)cc1. The Labute approximate surface area is 147 Å². The second kappa shape index (κ2) is 10.4. The Kier molecular flexibility index (Phi) is 8.14. The smallest absolute Gasteiger partial charge is 0.251 e. The number of rotatable bonds is 10. The summed E-state index contributed by atoms with van der Waals surface area (Å²) in [6, 6.07) is 7.53. The summed E-state index contributed by atoms with van der Waals surface area (Å²) >= 11 is 0. The first-order valence-electron chi connectivity index (χ1n) is 9.75. The third-order valence-corrected chi connectivity index (χ3v) is 5.25. The Balaban J connectivity index is 1.72. The molecular weight excluding hydrogens is 298 g/mol. The largest absolute Gasteiger partial charge is 0.494 e. The van der Waals surface area contributed by atoms with E-state index in [-0.39, 0.29) is 5.91 Å². The summed E-state index contributed by atoms with van der Waals surface area (Å²) in [4.78, 5) is 12.3. The minimum atomic E-state index is 0.0336. The van der Waals surface area contributed by atoms with Crippen molar-refractivity contribution in [2.45, 2.75) is 65.2 Å². The van der Waals surface area contributed by atoms with Crippen LogP contribution in [0.15, 0.2) is 24.3 Å². The lowest BCUT2D eigenvalue weighted by atomic mass is 9.93. The van der Waals surface area contributed by atoms with Crippen LogP contribution in [0.3, 0.4) is 0 Å². The zero-order valence-electron chi connectivity index (χ0n) is 15.4. The van der Waals surface area contributed by atoms with Gasteiger partial charge in [-0.15, -0.1) is 0 Å². The van der Waals surface area contributed by atoms with Crippen molar-refractivity contribution in [3.8, 4) is 5.75 Å². The van der Waals surface area contributed by atoms with Crippen molar-refractivity contribution in [3.63, 3.8) is 0 Å². The van der Waals surface area contributed by atoms with Crippen molar-refractivity contribution in [2.24, 2.45) is 11.8 Å². The Morgan fingerprint density at radius 1 is 1.08 bits per heavy atom. The molecule has 0 heterocycles. The summed E-state index contributed by atoms with van der Waals surface area (Å²) in [5.41, 5.74) is 0.722. The number of unbranched alkanes of at least 4 members (excludes halogenated alkanes) is 3. The van der Waals surface area contributed by atoms with Gasteiger partial charge in [-0.25, -0.2) is 0 Å².